The standard InChI is InChI=1S/C23H24N4S/c1-2-3-5-10-19-22(25)21-17(15-8-6-4-7-9-15)13-18(27-23(21)28-19)16-11-12-20(24)26-14-16/h4,6-9,11-14H,2-3,5,10,25H2,1H3,(H2,24,26). The van der Waals surface area contributed by atoms with Gasteiger partial charge < -0.3 is 11.5 Å². The van der Waals surface area contributed by atoms with E-state index < -0.39 is 0 Å². The number of hydrogen-bond donors (Lipinski definition) is 2. The lowest BCUT2D eigenvalue weighted by atomic mass is 9.99. The zero-order chi connectivity index (χ0) is 19.5. The highest BCUT2D eigenvalue weighted by molar-refractivity contribution is 7.19. The number of fused-ring (bicyclic) bond motifs is 1. The molecule has 142 valence electrons. The van der Waals surface area contributed by atoms with Crippen LogP contribution in [0.2, 0.25) is 0 Å². The molecule has 0 spiro atoms. The maximum absolute atomic E-state index is 6.61. The number of nitrogens with zero attached hydrogens (tertiary/aromatic N) is 2. The molecule has 28 heavy (non-hydrogen) atoms. The molecule has 4 rings (SSSR count). The van der Waals surface area contributed by atoms with Crippen molar-refractivity contribution in [1.29, 1.82) is 0 Å². The van der Waals surface area contributed by atoms with Crippen LogP contribution in [0.1, 0.15) is 31.1 Å². The molecule has 0 aliphatic carbocycles. The molecule has 4 nitrogen and oxygen atoms in total. The van der Waals surface area contributed by atoms with Crippen LogP contribution >= 0.6 is 11.3 Å². The Kier molecular flexibility index (Phi) is 5.26. The summed E-state index contributed by atoms with van der Waals surface area (Å²) in [7, 11) is 0. The summed E-state index contributed by atoms with van der Waals surface area (Å²) in [6.07, 6.45) is 6.36. The molecule has 3 aromatic heterocycles. The Hall–Kier alpha value is -2.92. The second-order valence-corrected chi connectivity index (χ2v) is 8.05. The number of unbranched alkanes of at least 4 members (excludes halogenated alkanes) is 2. The number of anilines is 2. The molecule has 0 atom stereocenters. The van der Waals surface area contributed by atoms with E-state index in [-0.39, 0.29) is 0 Å². The smallest absolute Gasteiger partial charge is 0.127 e. The Morgan fingerprint density at radius 2 is 1.79 bits per heavy atom. The Morgan fingerprint density at radius 3 is 2.50 bits per heavy atom. The fraction of sp³-hybridized carbons (Fsp3) is 0.217. The number of nitrogen functional groups attached to an aromatic ring is 2. The minimum absolute atomic E-state index is 0.506. The lowest BCUT2D eigenvalue weighted by molar-refractivity contribution is 0.723. The van der Waals surface area contributed by atoms with Crippen LogP contribution in [0.4, 0.5) is 11.5 Å². The highest BCUT2D eigenvalue weighted by Crippen LogP contribution is 2.41. The Bertz CT molecular complexity index is 1090. The molecular weight excluding hydrogens is 364 g/mol. The number of nitrogens with two attached hydrogens (primary N) is 2. The van der Waals surface area contributed by atoms with Crippen molar-refractivity contribution in [3.63, 3.8) is 0 Å². The number of rotatable bonds is 6. The normalized spacial score (nSPS) is 11.2. The largest absolute Gasteiger partial charge is 0.397 e. The summed E-state index contributed by atoms with van der Waals surface area (Å²) >= 11 is 1.71. The van der Waals surface area contributed by atoms with Crippen LogP contribution in [0.3, 0.4) is 0 Å². The Balaban J connectivity index is 1.90. The molecular formula is C23H24N4S. The summed E-state index contributed by atoms with van der Waals surface area (Å²) in [5, 5.41) is 1.06. The summed E-state index contributed by atoms with van der Waals surface area (Å²) in [6.45, 7) is 2.22. The third-order valence-corrected chi connectivity index (χ3v) is 6.11. The molecule has 0 bridgehead atoms. The first kappa shape index (κ1) is 18.4. The van der Waals surface area contributed by atoms with Gasteiger partial charge in [0.2, 0.25) is 0 Å². The van der Waals surface area contributed by atoms with Crippen LogP contribution in [0.5, 0.6) is 0 Å². The van der Waals surface area contributed by atoms with Gasteiger partial charge in [0, 0.05) is 22.0 Å². The first-order valence-electron chi connectivity index (χ1n) is 9.66. The lowest BCUT2D eigenvalue weighted by Gasteiger charge is -2.09. The van der Waals surface area contributed by atoms with Gasteiger partial charge in [-0.2, -0.15) is 0 Å². The van der Waals surface area contributed by atoms with Crippen molar-refractivity contribution in [3.8, 4) is 22.4 Å². The monoisotopic (exact) mass is 388 g/mol. The van der Waals surface area contributed by atoms with Crippen LogP contribution in [-0.2, 0) is 6.42 Å². The molecule has 3 heterocycles. The van der Waals surface area contributed by atoms with E-state index in [4.69, 9.17) is 16.5 Å². The van der Waals surface area contributed by atoms with Crippen molar-refractivity contribution in [1.82, 2.24) is 9.97 Å². The molecule has 0 unspecified atom stereocenters. The van der Waals surface area contributed by atoms with E-state index in [2.05, 4.69) is 42.2 Å². The van der Waals surface area contributed by atoms with Crippen molar-refractivity contribution in [2.45, 2.75) is 32.6 Å². The third kappa shape index (κ3) is 3.58. The maximum Gasteiger partial charge on any atom is 0.127 e. The fourth-order valence-electron chi connectivity index (χ4n) is 3.44. The van der Waals surface area contributed by atoms with Crippen LogP contribution in [0, 0.1) is 0 Å². The summed E-state index contributed by atoms with van der Waals surface area (Å²) in [6, 6.07) is 16.3. The summed E-state index contributed by atoms with van der Waals surface area (Å²) in [5.74, 6) is 0.506. The Morgan fingerprint density at radius 1 is 0.964 bits per heavy atom. The first-order chi connectivity index (χ1) is 13.7. The SMILES string of the molecule is CCCCCc1sc2nc(-c3ccc(N)nc3)cc(-c3ccccc3)c2c1N. The lowest BCUT2D eigenvalue weighted by Crippen LogP contribution is -1.93. The predicted octanol–water partition coefficient (Wildman–Crippen LogP) is 5.92. The summed E-state index contributed by atoms with van der Waals surface area (Å²) in [5.41, 5.74) is 17.3. The molecule has 0 saturated carbocycles. The Labute approximate surface area is 169 Å². The van der Waals surface area contributed by atoms with E-state index in [0.717, 1.165) is 51.1 Å². The van der Waals surface area contributed by atoms with E-state index in [9.17, 15) is 0 Å². The van der Waals surface area contributed by atoms with Gasteiger partial charge in [0.05, 0.1) is 11.4 Å². The average Bonchev–Trinajstić information content (AvgIpc) is 3.04. The zero-order valence-electron chi connectivity index (χ0n) is 16.0. The average molecular weight is 389 g/mol. The molecule has 4 N–H and O–H groups in total. The number of hydrogen-bond acceptors (Lipinski definition) is 5. The highest BCUT2D eigenvalue weighted by Gasteiger charge is 2.17. The summed E-state index contributed by atoms with van der Waals surface area (Å²) in [4.78, 5) is 11.4. The van der Waals surface area contributed by atoms with Crippen LogP contribution in [0.25, 0.3) is 32.6 Å². The van der Waals surface area contributed by atoms with Gasteiger partial charge in [0.25, 0.3) is 0 Å². The molecule has 5 heteroatoms. The predicted molar refractivity (Wildman–Crippen MR) is 120 cm³/mol. The van der Waals surface area contributed by atoms with Gasteiger partial charge in [-0.1, -0.05) is 50.1 Å². The minimum atomic E-state index is 0.506. The van der Waals surface area contributed by atoms with E-state index in [1.54, 1.807) is 17.5 Å². The second kappa shape index (κ2) is 7.98. The van der Waals surface area contributed by atoms with Gasteiger partial charge in [-0.05, 0) is 42.2 Å². The number of pyridine rings is 2. The van der Waals surface area contributed by atoms with Crippen molar-refractivity contribution < 1.29 is 0 Å². The van der Waals surface area contributed by atoms with E-state index in [1.807, 2.05) is 18.2 Å². The van der Waals surface area contributed by atoms with Gasteiger partial charge in [-0.3, -0.25) is 0 Å². The van der Waals surface area contributed by atoms with Crippen LogP contribution < -0.4 is 11.5 Å². The summed E-state index contributed by atoms with van der Waals surface area (Å²) < 4.78 is 0. The molecule has 4 aromatic rings. The number of thiophene rings is 1. The first-order valence-corrected chi connectivity index (χ1v) is 10.5. The number of aromatic nitrogens is 2. The van der Waals surface area contributed by atoms with Crippen molar-refractivity contribution in [2.75, 3.05) is 11.5 Å². The number of benzene rings is 1. The van der Waals surface area contributed by atoms with Crippen LogP contribution in [-0.4, -0.2) is 9.97 Å². The molecule has 0 aliphatic heterocycles. The third-order valence-electron chi connectivity index (χ3n) is 4.95. The zero-order valence-corrected chi connectivity index (χ0v) is 16.8. The molecule has 0 amide bonds. The van der Waals surface area contributed by atoms with Gasteiger partial charge in [-0.25, -0.2) is 9.97 Å². The van der Waals surface area contributed by atoms with E-state index >= 15 is 0 Å². The van der Waals surface area contributed by atoms with Crippen molar-refractivity contribution in [2.24, 2.45) is 0 Å². The molecule has 1 aromatic carbocycles. The second-order valence-electron chi connectivity index (χ2n) is 6.97. The van der Waals surface area contributed by atoms with E-state index in [1.165, 1.54) is 17.7 Å². The molecule has 0 radical (unpaired) electrons. The topological polar surface area (TPSA) is 77.8 Å². The van der Waals surface area contributed by atoms with Gasteiger partial charge in [0.1, 0.15) is 10.6 Å². The molecule has 0 saturated heterocycles. The van der Waals surface area contributed by atoms with Crippen molar-refractivity contribution >= 4 is 33.1 Å². The minimum Gasteiger partial charge on any atom is -0.397 e. The number of aryl methyl sites for hydroxylation is 1. The fourth-order valence-corrected chi connectivity index (χ4v) is 4.60. The van der Waals surface area contributed by atoms with Crippen LogP contribution in [0.15, 0.2) is 54.7 Å². The molecule has 0 fully saturated rings. The highest BCUT2D eigenvalue weighted by atomic mass is 32.1. The maximum atomic E-state index is 6.61. The van der Waals surface area contributed by atoms with Crippen molar-refractivity contribution in [3.05, 3.63) is 59.6 Å². The van der Waals surface area contributed by atoms with E-state index in [0.29, 0.717) is 5.82 Å². The quantitative estimate of drug-likeness (QED) is 0.402. The van der Waals surface area contributed by atoms with Gasteiger partial charge in [0.15, 0.2) is 0 Å². The van der Waals surface area contributed by atoms with Gasteiger partial charge in [-0.15, -0.1) is 11.3 Å². The molecule has 0 aliphatic rings. The van der Waals surface area contributed by atoms with Gasteiger partial charge >= 0.3 is 0 Å².